The van der Waals surface area contributed by atoms with E-state index in [9.17, 15) is 14.4 Å². The maximum absolute atomic E-state index is 12.7. The minimum atomic E-state index is -0.970. The standard InChI is InChI=1S/C18H22O5/c1-3-22-16(20)14-12-18(11-10-15(14)19,17(21)23-4-2)13-8-6-5-7-9-13/h5-9,14H,3-4,10-12H2,1-2H3/t14-,18-/m1/s1. The summed E-state index contributed by atoms with van der Waals surface area (Å²) in [6, 6.07) is 9.22. The summed E-state index contributed by atoms with van der Waals surface area (Å²) in [5, 5.41) is 0. The molecule has 0 spiro atoms. The van der Waals surface area contributed by atoms with E-state index >= 15 is 0 Å². The molecule has 1 saturated carbocycles. The van der Waals surface area contributed by atoms with Crippen LogP contribution in [0.15, 0.2) is 30.3 Å². The van der Waals surface area contributed by atoms with Gasteiger partial charge in [-0.3, -0.25) is 14.4 Å². The number of rotatable bonds is 5. The molecule has 2 atom stereocenters. The molecule has 0 N–H and O–H groups in total. The fourth-order valence-electron chi connectivity index (χ4n) is 3.12. The van der Waals surface area contributed by atoms with Crippen molar-refractivity contribution in [2.24, 2.45) is 5.92 Å². The summed E-state index contributed by atoms with van der Waals surface area (Å²) < 4.78 is 10.3. The summed E-state index contributed by atoms with van der Waals surface area (Å²) in [6.07, 6.45) is 0.620. The van der Waals surface area contributed by atoms with Crippen molar-refractivity contribution in [3.8, 4) is 0 Å². The monoisotopic (exact) mass is 318 g/mol. The van der Waals surface area contributed by atoms with Crippen LogP contribution in [0, 0.1) is 5.92 Å². The lowest BCUT2D eigenvalue weighted by molar-refractivity contribution is -0.159. The van der Waals surface area contributed by atoms with Gasteiger partial charge in [0, 0.05) is 6.42 Å². The van der Waals surface area contributed by atoms with Crippen molar-refractivity contribution < 1.29 is 23.9 Å². The predicted molar refractivity (Wildman–Crippen MR) is 83.7 cm³/mol. The van der Waals surface area contributed by atoms with Crippen molar-refractivity contribution in [1.82, 2.24) is 0 Å². The van der Waals surface area contributed by atoms with E-state index in [2.05, 4.69) is 0 Å². The van der Waals surface area contributed by atoms with E-state index in [-0.39, 0.29) is 37.8 Å². The minimum Gasteiger partial charge on any atom is -0.465 e. The van der Waals surface area contributed by atoms with Crippen LogP contribution in [-0.4, -0.2) is 30.9 Å². The molecule has 0 saturated heterocycles. The van der Waals surface area contributed by atoms with Crippen LogP contribution in [-0.2, 0) is 29.3 Å². The Morgan fingerprint density at radius 2 is 1.78 bits per heavy atom. The van der Waals surface area contributed by atoms with E-state index in [1.807, 2.05) is 30.3 Å². The van der Waals surface area contributed by atoms with Gasteiger partial charge >= 0.3 is 11.9 Å². The van der Waals surface area contributed by atoms with Gasteiger partial charge in [-0.15, -0.1) is 0 Å². The van der Waals surface area contributed by atoms with Crippen LogP contribution in [0.2, 0.25) is 0 Å². The van der Waals surface area contributed by atoms with Crippen LogP contribution in [0.25, 0.3) is 0 Å². The van der Waals surface area contributed by atoms with Gasteiger partial charge in [0.05, 0.1) is 18.6 Å². The van der Waals surface area contributed by atoms with Crippen molar-refractivity contribution in [2.45, 2.75) is 38.5 Å². The second-order valence-corrected chi connectivity index (χ2v) is 5.64. The molecule has 0 bridgehead atoms. The number of carbonyl (C=O) groups excluding carboxylic acids is 3. The third kappa shape index (κ3) is 3.44. The fraction of sp³-hybridized carbons (Fsp3) is 0.500. The van der Waals surface area contributed by atoms with Crippen molar-refractivity contribution in [2.75, 3.05) is 13.2 Å². The lowest BCUT2D eigenvalue weighted by Crippen LogP contribution is -2.47. The summed E-state index contributed by atoms with van der Waals surface area (Å²) in [6.45, 7) is 3.90. The topological polar surface area (TPSA) is 69.7 Å². The molecule has 5 nitrogen and oxygen atoms in total. The van der Waals surface area contributed by atoms with Crippen molar-refractivity contribution in [3.05, 3.63) is 35.9 Å². The van der Waals surface area contributed by atoms with Gasteiger partial charge in [0.2, 0.25) is 0 Å². The number of ketones is 1. The summed E-state index contributed by atoms with van der Waals surface area (Å²) in [5.74, 6) is -2.01. The van der Waals surface area contributed by atoms with Crippen molar-refractivity contribution in [1.29, 1.82) is 0 Å². The molecule has 1 aliphatic carbocycles. The fourth-order valence-corrected chi connectivity index (χ4v) is 3.12. The molecule has 0 amide bonds. The Balaban J connectivity index is 2.40. The molecule has 0 radical (unpaired) electrons. The number of carbonyl (C=O) groups is 3. The average Bonchev–Trinajstić information content (AvgIpc) is 2.56. The minimum absolute atomic E-state index is 0.105. The summed E-state index contributed by atoms with van der Waals surface area (Å²) >= 11 is 0. The van der Waals surface area contributed by atoms with Gasteiger partial charge in [0.25, 0.3) is 0 Å². The Morgan fingerprint density at radius 1 is 1.13 bits per heavy atom. The van der Waals surface area contributed by atoms with Crippen molar-refractivity contribution in [3.63, 3.8) is 0 Å². The zero-order valence-electron chi connectivity index (χ0n) is 13.5. The van der Waals surface area contributed by atoms with Crippen LogP contribution < -0.4 is 0 Å². The molecule has 124 valence electrons. The third-order valence-corrected chi connectivity index (χ3v) is 4.30. The predicted octanol–water partition coefficient (Wildman–Crippen LogP) is 2.42. The summed E-state index contributed by atoms with van der Waals surface area (Å²) in [5.41, 5.74) is -0.192. The molecule has 2 rings (SSSR count). The first-order valence-corrected chi connectivity index (χ1v) is 7.97. The van der Waals surface area contributed by atoms with E-state index in [1.54, 1.807) is 13.8 Å². The zero-order chi connectivity index (χ0) is 16.9. The first kappa shape index (κ1) is 17.2. The largest absolute Gasteiger partial charge is 0.465 e. The molecule has 1 fully saturated rings. The number of benzene rings is 1. The molecule has 0 unspecified atom stereocenters. The quantitative estimate of drug-likeness (QED) is 0.616. The number of esters is 2. The highest BCUT2D eigenvalue weighted by molar-refractivity contribution is 6.01. The van der Waals surface area contributed by atoms with Gasteiger partial charge in [-0.25, -0.2) is 0 Å². The van der Waals surface area contributed by atoms with Crippen LogP contribution >= 0.6 is 0 Å². The molecule has 5 heteroatoms. The van der Waals surface area contributed by atoms with Gasteiger partial charge in [0.15, 0.2) is 0 Å². The number of Topliss-reactive ketones (excluding diaryl/α,β-unsaturated/α-hetero) is 1. The summed E-state index contributed by atoms with van der Waals surface area (Å²) in [4.78, 5) is 36.9. The van der Waals surface area contributed by atoms with Crippen LogP contribution in [0.3, 0.4) is 0 Å². The third-order valence-electron chi connectivity index (χ3n) is 4.30. The van der Waals surface area contributed by atoms with Gasteiger partial charge < -0.3 is 9.47 Å². The molecule has 0 aliphatic heterocycles. The van der Waals surface area contributed by atoms with E-state index < -0.39 is 17.3 Å². The lowest BCUT2D eigenvalue weighted by atomic mass is 9.65. The van der Waals surface area contributed by atoms with E-state index in [4.69, 9.17) is 9.47 Å². The van der Waals surface area contributed by atoms with E-state index in [1.165, 1.54) is 0 Å². The second-order valence-electron chi connectivity index (χ2n) is 5.64. The smallest absolute Gasteiger partial charge is 0.316 e. The van der Waals surface area contributed by atoms with Crippen molar-refractivity contribution >= 4 is 17.7 Å². The maximum Gasteiger partial charge on any atom is 0.316 e. The van der Waals surface area contributed by atoms with Crippen LogP contribution in [0.5, 0.6) is 0 Å². The normalized spacial score (nSPS) is 24.1. The highest BCUT2D eigenvalue weighted by Gasteiger charge is 2.50. The maximum atomic E-state index is 12.7. The lowest BCUT2D eigenvalue weighted by Gasteiger charge is -2.37. The molecule has 1 aromatic carbocycles. The Kier molecular flexibility index (Phi) is 5.53. The zero-order valence-corrected chi connectivity index (χ0v) is 13.5. The molecule has 1 aliphatic rings. The van der Waals surface area contributed by atoms with Gasteiger partial charge in [-0.05, 0) is 32.3 Å². The molecule has 0 aromatic heterocycles. The molecule has 0 heterocycles. The van der Waals surface area contributed by atoms with Gasteiger partial charge in [-0.1, -0.05) is 30.3 Å². The summed E-state index contributed by atoms with van der Waals surface area (Å²) in [7, 11) is 0. The number of hydrogen-bond acceptors (Lipinski definition) is 5. The first-order valence-electron chi connectivity index (χ1n) is 7.97. The Hall–Kier alpha value is -2.17. The highest BCUT2D eigenvalue weighted by atomic mass is 16.5. The molecule has 23 heavy (non-hydrogen) atoms. The Bertz CT molecular complexity index is 580. The Labute approximate surface area is 136 Å². The first-order chi connectivity index (χ1) is 11.0. The van der Waals surface area contributed by atoms with Crippen LogP contribution in [0.1, 0.15) is 38.7 Å². The van der Waals surface area contributed by atoms with Crippen LogP contribution in [0.4, 0.5) is 0 Å². The van der Waals surface area contributed by atoms with E-state index in [0.717, 1.165) is 5.56 Å². The SMILES string of the molecule is CCOC(=O)[C@@H]1C[C@@](C(=O)OCC)(c2ccccc2)CCC1=O. The van der Waals surface area contributed by atoms with Gasteiger partial charge in [-0.2, -0.15) is 0 Å². The second kappa shape index (κ2) is 7.40. The highest BCUT2D eigenvalue weighted by Crippen LogP contribution is 2.42. The molecule has 1 aromatic rings. The molecular formula is C18H22O5. The number of ether oxygens (including phenoxy) is 2. The Morgan fingerprint density at radius 3 is 2.39 bits per heavy atom. The molecular weight excluding hydrogens is 296 g/mol. The van der Waals surface area contributed by atoms with Gasteiger partial charge in [0.1, 0.15) is 11.7 Å². The average molecular weight is 318 g/mol. The number of hydrogen-bond donors (Lipinski definition) is 0. The van der Waals surface area contributed by atoms with E-state index in [0.29, 0.717) is 6.42 Å².